The average Bonchev–Trinajstić information content (AvgIpc) is 2.73. The van der Waals surface area contributed by atoms with Crippen molar-refractivity contribution in [2.75, 3.05) is 32.8 Å². The number of nitrogens with zero attached hydrogens (tertiary/aromatic N) is 3. The van der Waals surface area contributed by atoms with Gasteiger partial charge < -0.3 is 14.4 Å². The van der Waals surface area contributed by atoms with Crippen molar-refractivity contribution in [1.82, 2.24) is 9.47 Å². The number of rotatable bonds is 8. The molecule has 0 unspecified atom stereocenters. The van der Waals surface area contributed by atoms with Gasteiger partial charge in [0.25, 0.3) is 5.56 Å². The Hall–Kier alpha value is -2.57. The van der Waals surface area contributed by atoms with E-state index in [9.17, 15) is 4.79 Å². The molecular weight excluding hydrogens is 402 g/mol. The zero-order valence-electron chi connectivity index (χ0n) is 17.1. The quantitative estimate of drug-likeness (QED) is 0.641. The lowest BCUT2D eigenvalue weighted by atomic mass is 10.0. The second-order valence-electron chi connectivity index (χ2n) is 7.65. The number of pyridine rings is 1. The molecule has 158 valence electrons. The fraction of sp³-hybridized carbons (Fsp3) is 0.391. The first kappa shape index (κ1) is 20.7. The van der Waals surface area contributed by atoms with Crippen LogP contribution in [0.5, 0.6) is 11.5 Å². The van der Waals surface area contributed by atoms with E-state index in [0.29, 0.717) is 18.3 Å². The van der Waals surface area contributed by atoms with Gasteiger partial charge >= 0.3 is 0 Å². The summed E-state index contributed by atoms with van der Waals surface area (Å²) in [6.07, 6.45) is 4.93. The van der Waals surface area contributed by atoms with Gasteiger partial charge in [0.05, 0.1) is 12.3 Å². The minimum Gasteiger partial charge on any atom is -0.493 e. The predicted molar refractivity (Wildman–Crippen MR) is 119 cm³/mol. The summed E-state index contributed by atoms with van der Waals surface area (Å²) in [7, 11) is 0. The predicted octanol–water partition coefficient (Wildman–Crippen LogP) is 3.86. The molecule has 1 aromatic carbocycles. The van der Waals surface area contributed by atoms with Crippen LogP contribution in [0.4, 0.5) is 0 Å². The molecule has 1 saturated heterocycles. The Morgan fingerprint density at radius 2 is 1.90 bits per heavy atom. The molecule has 0 amide bonds. The molecular formula is C23H26ClN3O3. The van der Waals surface area contributed by atoms with E-state index in [4.69, 9.17) is 21.1 Å². The highest BCUT2D eigenvalue weighted by Gasteiger charge is 2.25. The molecule has 0 spiro atoms. The molecule has 0 saturated carbocycles. The summed E-state index contributed by atoms with van der Waals surface area (Å²) in [4.78, 5) is 19.2. The van der Waals surface area contributed by atoms with Gasteiger partial charge in [-0.1, -0.05) is 18.5 Å². The third-order valence-electron chi connectivity index (χ3n) is 5.42. The van der Waals surface area contributed by atoms with Gasteiger partial charge in [-0.05, 0) is 49.7 Å². The first-order valence-corrected chi connectivity index (χ1v) is 10.7. The van der Waals surface area contributed by atoms with Crippen molar-refractivity contribution in [3.63, 3.8) is 0 Å². The summed E-state index contributed by atoms with van der Waals surface area (Å²) < 4.78 is 13.2. The second-order valence-corrected chi connectivity index (χ2v) is 8.14. The molecule has 0 atom stereocenters. The molecule has 6 nitrogen and oxygen atoms in total. The summed E-state index contributed by atoms with van der Waals surface area (Å²) >= 11 is 5.92. The zero-order chi connectivity index (χ0) is 20.9. The van der Waals surface area contributed by atoms with E-state index in [1.165, 1.54) is 6.07 Å². The Balaban J connectivity index is 1.33. The fourth-order valence-corrected chi connectivity index (χ4v) is 3.69. The van der Waals surface area contributed by atoms with Gasteiger partial charge in [0.1, 0.15) is 18.1 Å². The van der Waals surface area contributed by atoms with Crippen LogP contribution in [0.15, 0.2) is 63.6 Å². The molecule has 7 heteroatoms. The van der Waals surface area contributed by atoms with Crippen LogP contribution in [0, 0.1) is 5.92 Å². The van der Waals surface area contributed by atoms with Crippen LogP contribution in [0.3, 0.4) is 0 Å². The van der Waals surface area contributed by atoms with Crippen LogP contribution in [0.2, 0.25) is 0 Å². The van der Waals surface area contributed by atoms with E-state index in [-0.39, 0.29) is 5.56 Å². The van der Waals surface area contributed by atoms with Crippen LogP contribution in [-0.2, 0) is 0 Å². The molecule has 0 radical (unpaired) electrons. The fourth-order valence-electron chi connectivity index (χ4n) is 3.55. The number of allylic oxidation sites excluding steroid dienone is 1. The summed E-state index contributed by atoms with van der Waals surface area (Å²) in [6.45, 7) is 6.58. The molecule has 2 aliphatic rings. The number of aliphatic imine (C=N–C) groups is 1. The molecule has 0 aliphatic carbocycles. The minimum atomic E-state index is -0.149. The molecule has 0 N–H and O–H groups in total. The van der Waals surface area contributed by atoms with Crippen molar-refractivity contribution >= 4 is 17.3 Å². The monoisotopic (exact) mass is 427 g/mol. The van der Waals surface area contributed by atoms with Crippen LogP contribution in [0.1, 0.15) is 19.8 Å². The average molecular weight is 428 g/mol. The molecule has 1 fully saturated rings. The van der Waals surface area contributed by atoms with E-state index in [1.54, 1.807) is 23.0 Å². The molecule has 3 heterocycles. The third kappa shape index (κ3) is 5.12. The Kier molecular flexibility index (Phi) is 6.55. The van der Waals surface area contributed by atoms with E-state index >= 15 is 0 Å². The Bertz CT molecular complexity index is 991. The van der Waals surface area contributed by atoms with Crippen molar-refractivity contribution in [1.29, 1.82) is 0 Å². The lowest BCUT2D eigenvalue weighted by Crippen LogP contribution is -2.48. The highest BCUT2D eigenvalue weighted by atomic mass is 35.5. The van der Waals surface area contributed by atoms with Crippen molar-refractivity contribution in [3.05, 3.63) is 64.2 Å². The Morgan fingerprint density at radius 3 is 2.57 bits per heavy atom. The highest BCUT2D eigenvalue weighted by Crippen LogP contribution is 2.20. The van der Waals surface area contributed by atoms with Crippen LogP contribution >= 0.6 is 11.6 Å². The smallest absolute Gasteiger partial charge is 0.258 e. The lowest BCUT2D eigenvalue weighted by Gasteiger charge is -2.38. The van der Waals surface area contributed by atoms with Gasteiger partial charge in [0, 0.05) is 48.2 Å². The van der Waals surface area contributed by atoms with E-state index in [1.807, 2.05) is 24.3 Å². The summed E-state index contributed by atoms with van der Waals surface area (Å²) in [5.41, 5.74) is 1.56. The number of likely N-dealkylation sites (tertiary alicyclic amines) is 1. The van der Waals surface area contributed by atoms with Gasteiger partial charge in [-0.15, -0.1) is 0 Å². The van der Waals surface area contributed by atoms with Gasteiger partial charge in [-0.25, -0.2) is 0 Å². The van der Waals surface area contributed by atoms with Crippen molar-refractivity contribution in [3.8, 4) is 17.2 Å². The number of aromatic nitrogens is 1. The van der Waals surface area contributed by atoms with Gasteiger partial charge in [-0.2, -0.15) is 0 Å². The van der Waals surface area contributed by atoms with Crippen LogP contribution in [-0.4, -0.2) is 48.0 Å². The maximum atomic E-state index is 12.5. The normalized spacial score (nSPS) is 17.1. The lowest BCUT2D eigenvalue weighted by molar-refractivity contribution is 0.0671. The van der Waals surface area contributed by atoms with Crippen molar-refractivity contribution in [2.24, 2.45) is 10.9 Å². The standard InChI is InChI=1S/C23H26ClN3O3/c1-2-26-13-17(14-26)15-29-21-7-5-20(6-8-21)27-10-9-22(11-23(27)28)30-16-19-4-3-18(24)12-25-19/h5-12,17H,2-4,13-16H2,1H3. The second kappa shape index (κ2) is 9.49. The summed E-state index contributed by atoms with van der Waals surface area (Å²) in [5.74, 6) is 1.96. The van der Waals surface area contributed by atoms with Crippen molar-refractivity contribution < 1.29 is 9.47 Å². The number of halogens is 1. The Morgan fingerprint density at radius 1 is 1.10 bits per heavy atom. The van der Waals surface area contributed by atoms with Gasteiger partial charge in [-0.3, -0.25) is 14.4 Å². The first-order chi connectivity index (χ1) is 14.6. The van der Waals surface area contributed by atoms with Crippen LogP contribution in [0.25, 0.3) is 5.69 Å². The minimum absolute atomic E-state index is 0.149. The first-order valence-electron chi connectivity index (χ1n) is 10.3. The molecule has 0 bridgehead atoms. The zero-order valence-corrected chi connectivity index (χ0v) is 17.8. The van der Waals surface area contributed by atoms with Gasteiger partial charge in [0.15, 0.2) is 0 Å². The highest BCUT2D eigenvalue weighted by molar-refractivity contribution is 6.29. The number of hydrogen-bond acceptors (Lipinski definition) is 5. The number of hydrogen-bond donors (Lipinski definition) is 0. The topological polar surface area (TPSA) is 56.1 Å². The van der Waals surface area contributed by atoms with Gasteiger partial charge in [0.2, 0.25) is 0 Å². The summed E-state index contributed by atoms with van der Waals surface area (Å²) in [5, 5.41) is 0.754. The molecule has 4 rings (SSSR count). The molecule has 1 aromatic heterocycles. The van der Waals surface area contributed by atoms with Crippen molar-refractivity contribution in [2.45, 2.75) is 19.8 Å². The number of ether oxygens (including phenoxy) is 2. The van der Waals surface area contributed by atoms with E-state index in [0.717, 1.165) is 61.3 Å². The Labute approximate surface area is 181 Å². The van der Waals surface area contributed by atoms with Crippen LogP contribution < -0.4 is 15.0 Å². The maximum absolute atomic E-state index is 12.5. The maximum Gasteiger partial charge on any atom is 0.258 e. The molecule has 2 aromatic rings. The summed E-state index contributed by atoms with van der Waals surface area (Å²) in [6, 6.07) is 10.9. The largest absolute Gasteiger partial charge is 0.493 e. The molecule has 2 aliphatic heterocycles. The number of benzene rings is 1. The SMILES string of the molecule is CCN1CC(COc2ccc(-n3ccc(OCC4=NC=C(Cl)CC4)cc3=O)cc2)C1. The molecule has 30 heavy (non-hydrogen) atoms. The van der Waals surface area contributed by atoms with E-state index in [2.05, 4.69) is 16.8 Å². The van der Waals surface area contributed by atoms with E-state index < -0.39 is 0 Å². The third-order valence-corrected chi connectivity index (χ3v) is 5.70.